The van der Waals surface area contributed by atoms with E-state index in [1.165, 1.54) is 23.1 Å². The van der Waals surface area contributed by atoms with Gasteiger partial charge in [0.05, 0.1) is 17.2 Å². The number of nitrogens with one attached hydrogen (secondary N) is 2. The van der Waals surface area contributed by atoms with E-state index in [9.17, 15) is 19.2 Å². The summed E-state index contributed by atoms with van der Waals surface area (Å²) in [7, 11) is 0. The quantitative estimate of drug-likeness (QED) is 0.724. The number of carbonyl (C=O) groups is 4. The van der Waals surface area contributed by atoms with E-state index in [1.54, 1.807) is 51.1 Å². The first-order valence-electron chi connectivity index (χ1n) is 9.68. The zero-order chi connectivity index (χ0) is 22.8. The fourth-order valence-electron chi connectivity index (χ4n) is 3.26. The molecule has 0 aliphatic carbocycles. The van der Waals surface area contributed by atoms with E-state index in [-0.39, 0.29) is 35.9 Å². The van der Waals surface area contributed by atoms with E-state index in [4.69, 9.17) is 5.26 Å². The average Bonchev–Trinajstić information content (AvgIpc) is 2.97. The summed E-state index contributed by atoms with van der Waals surface area (Å²) in [5, 5.41) is 13.9. The minimum atomic E-state index is -0.657. The Balaban J connectivity index is 1.66. The minimum absolute atomic E-state index is 0.222. The number of amides is 4. The fourth-order valence-corrected chi connectivity index (χ4v) is 3.26. The Labute approximate surface area is 179 Å². The van der Waals surface area contributed by atoms with Crippen LogP contribution in [-0.4, -0.2) is 34.1 Å². The van der Waals surface area contributed by atoms with Gasteiger partial charge in [-0.25, -0.2) is 0 Å². The Morgan fingerprint density at radius 2 is 1.65 bits per heavy atom. The monoisotopic (exact) mass is 418 g/mol. The second-order valence-electron chi connectivity index (χ2n) is 8.14. The highest BCUT2D eigenvalue weighted by atomic mass is 16.2. The smallest absolute Gasteiger partial charge is 0.262 e. The van der Waals surface area contributed by atoms with Crippen molar-refractivity contribution in [3.63, 3.8) is 0 Å². The summed E-state index contributed by atoms with van der Waals surface area (Å²) in [6.45, 7) is 5.58. The minimum Gasteiger partial charge on any atom is -0.348 e. The summed E-state index contributed by atoms with van der Waals surface area (Å²) in [6, 6.07) is 13.1. The molecule has 0 saturated heterocycles. The molecule has 1 aliphatic heterocycles. The van der Waals surface area contributed by atoms with Gasteiger partial charge in [-0.1, -0.05) is 12.1 Å². The molecule has 0 radical (unpaired) electrons. The van der Waals surface area contributed by atoms with Gasteiger partial charge in [0, 0.05) is 23.3 Å². The molecule has 31 heavy (non-hydrogen) atoms. The van der Waals surface area contributed by atoms with Crippen molar-refractivity contribution >= 4 is 29.3 Å². The number of hydrogen-bond donors (Lipinski definition) is 2. The van der Waals surface area contributed by atoms with Gasteiger partial charge in [0.25, 0.3) is 17.7 Å². The van der Waals surface area contributed by atoms with Crippen molar-refractivity contribution in [3.8, 4) is 6.07 Å². The zero-order valence-electron chi connectivity index (χ0n) is 17.5. The number of hydrogen-bond acceptors (Lipinski definition) is 5. The maximum atomic E-state index is 12.7. The molecule has 0 unspecified atom stereocenters. The SMILES string of the molecule is CC(C)(C)N1C(=O)c2ccc(C(=O)NCc3ccc(NC(=O)CC#N)cc3)cc2C1=O. The van der Waals surface area contributed by atoms with Crippen LogP contribution in [-0.2, 0) is 11.3 Å². The number of nitrogens with zero attached hydrogens (tertiary/aromatic N) is 2. The van der Waals surface area contributed by atoms with Crippen LogP contribution in [0.2, 0.25) is 0 Å². The first-order chi connectivity index (χ1) is 14.6. The van der Waals surface area contributed by atoms with Crippen molar-refractivity contribution in [1.82, 2.24) is 10.2 Å². The molecule has 0 spiro atoms. The van der Waals surface area contributed by atoms with E-state index >= 15 is 0 Å². The summed E-state index contributed by atoms with van der Waals surface area (Å²) in [5.74, 6) is -1.53. The third kappa shape index (κ3) is 4.61. The summed E-state index contributed by atoms with van der Waals surface area (Å²) >= 11 is 0. The second kappa shape index (κ2) is 8.40. The number of benzene rings is 2. The van der Waals surface area contributed by atoms with Gasteiger partial charge in [0.1, 0.15) is 6.42 Å². The third-order valence-electron chi connectivity index (χ3n) is 4.75. The molecule has 0 bridgehead atoms. The molecule has 3 rings (SSSR count). The van der Waals surface area contributed by atoms with Crippen LogP contribution in [0.5, 0.6) is 0 Å². The van der Waals surface area contributed by atoms with Crippen LogP contribution in [0.4, 0.5) is 5.69 Å². The van der Waals surface area contributed by atoms with Crippen molar-refractivity contribution in [1.29, 1.82) is 5.26 Å². The number of carbonyl (C=O) groups excluding carboxylic acids is 4. The highest BCUT2D eigenvalue weighted by Crippen LogP contribution is 2.29. The molecule has 2 aromatic rings. The zero-order valence-corrected chi connectivity index (χ0v) is 17.5. The molecule has 0 aromatic heterocycles. The molecule has 4 amide bonds. The Hall–Kier alpha value is -3.99. The van der Waals surface area contributed by atoms with E-state index < -0.39 is 17.4 Å². The maximum Gasteiger partial charge on any atom is 0.262 e. The Bertz CT molecular complexity index is 1110. The Kier molecular flexibility index (Phi) is 5.88. The number of nitriles is 1. The van der Waals surface area contributed by atoms with Gasteiger partial charge < -0.3 is 10.6 Å². The van der Waals surface area contributed by atoms with Crippen LogP contribution in [0.1, 0.15) is 63.8 Å². The maximum absolute atomic E-state index is 12.7. The van der Waals surface area contributed by atoms with E-state index in [1.807, 2.05) is 0 Å². The molecule has 8 nitrogen and oxygen atoms in total. The lowest BCUT2D eigenvalue weighted by atomic mass is 10.1. The standard InChI is InChI=1S/C23H22N4O4/c1-23(2,3)27-21(30)17-9-6-15(12-18(17)22(27)31)20(29)25-13-14-4-7-16(8-5-14)26-19(28)10-11-24/h4-9,12H,10,13H2,1-3H3,(H,25,29)(H,26,28). The average molecular weight is 418 g/mol. The van der Waals surface area contributed by atoms with E-state index in [2.05, 4.69) is 10.6 Å². The lowest BCUT2D eigenvalue weighted by molar-refractivity contribution is -0.115. The molecule has 8 heteroatoms. The predicted octanol–water partition coefficient (Wildman–Crippen LogP) is 2.86. The van der Waals surface area contributed by atoms with Crippen LogP contribution in [0, 0.1) is 11.3 Å². The number of imide groups is 1. The first kappa shape index (κ1) is 21.7. The van der Waals surface area contributed by atoms with Gasteiger partial charge in [-0.05, 0) is 56.7 Å². The fraction of sp³-hybridized carbons (Fsp3) is 0.261. The molecule has 0 atom stereocenters. The van der Waals surface area contributed by atoms with Crippen molar-refractivity contribution in [2.45, 2.75) is 39.3 Å². The van der Waals surface area contributed by atoms with Gasteiger partial charge in [-0.3, -0.25) is 24.1 Å². The molecular formula is C23H22N4O4. The molecular weight excluding hydrogens is 396 g/mol. The number of anilines is 1. The molecule has 0 fully saturated rings. The molecule has 2 aromatic carbocycles. The highest BCUT2D eigenvalue weighted by Gasteiger charge is 2.42. The van der Waals surface area contributed by atoms with Crippen LogP contribution >= 0.6 is 0 Å². The van der Waals surface area contributed by atoms with Gasteiger partial charge in [0.2, 0.25) is 5.91 Å². The number of fused-ring (bicyclic) bond motifs is 1. The lowest BCUT2D eigenvalue weighted by Crippen LogP contribution is -2.45. The predicted molar refractivity (Wildman–Crippen MR) is 113 cm³/mol. The second-order valence-corrected chi connectivity index (χ2v) is 8.14. The van der Waals surface area contributed by atoms with Crippen LogP contribution in [0.25, 0.3) is 0 Å². The Morgan fingerprint density at radius 1 is 1.00 bits per heavy atom. The van der Waals surface area contributed by atoms with Gasteiger partial charge >= 0.3 is 0 Å². The van der Waals surface area contributed by atoms with Gasteiger partial charge in [0.15, 0.2) is 0 Å². The highest BCUT2D eigenvalue weighted by molar-refractivity contribution is 6.22. The first-order valence-corrected chi connectivity index (χ1v) is 9.68. The van der Waals surface area contributed by atoms with Crippen LogP contribution in [0.15, 0.2) is 42.5 Å². The summed E-state index contributed by atoms with van der Waals surface area (Å²) < 4.78 is 0. The van der Waals surface area contributed by atoms with Crippen LogP contribution < -0.4 is 10.6 Å². The largest absolute Gasteiger partial charge is 0.348 e. The van der Waals surface area contributed by atoms with Gasteiger partial charge in [-0.15, -0.1) is 0 Å². The molecule has 158 valence electrons. The topological polar surface area (TPSA) is 119 Å². The summed E-state index contributed by atoms with van der Waals surface area (Å²) in [4.78, 5) is 50.4. The molecule has 0 saturated carbocycles. The molecule has 1 heterocycles. The summed E-state index contributed by atoms with van der Waals surface area (Å²) in [5.41, 5.74) is 1.51. The van der Waals surface area contributed by atoms with E-state index in [0.29, 0.717) is 11.3 Å². The summed E-state index contributed by atoms with van der Waals surface area (Å²) in [6.07, 6.45) is -0.222. The third-order valence-corrected chi connectivity index (χ3v) is 4.75. The normalized spacial score (nSPS) is 12.9. The van der Waals surface area contributed by atoms with Crippen molar-refractivity contribution in [2.75, 3.05) is 5.32 Å². The van der Waals surface area contributed by atoms with Crippen LogP contribution in [0.3, 0.4) is 0 Å². The van der Waals surface area contributed by atoms with Crippen molar-refractivity contribution in [2.24, 2.45) is 0 Å². The van der Waals surface area contributed by atoms with E-state index in [0.717, 1.165) is 5.56 Å². The van der Waals surface area contributed by atoms with Crippen molar-refractivity contribution < 1.29 is 19.2 Å². The lowest BCUT2D eigenvalue weighted by Gasteiger charge is -2.29. The molecule has 1 aliphatic rings. The van der Waals surface area contributed by atoms with Gasteiger partial charge in [-0.2, -0.15) is 5.26 Å². The Morgan fingerprint density at radius 3 is 2.26 bits per heavy atom. The molecule has 2 N–H and O–H groups in total. The number of rotatable bonds is 5. The van der Waals surface area contributed by atoms with Crippen molar-refractivity contribution in [3.05, 3.63) is 64.7 Å².